The van der Waals surface area contributed by atoms with E-state index in [4.69, 9.17) is 0 Å². The van der Waals surface area contributed by atoms with Crippen LogP contribution in [0.4, 0.5) is 0 Å². The lowest BCUT2D eigenvalue weighted by molar-refractivity contribution is -0.120. The highest BCUT2D eigenvalue weighted by atomic mass is 32.1. The lowest BCUT2D eigenvalue weighted by Gasteiger charge is -2.13. The highest BCUT2D eigenvalue weighted by Crippen LogP contribution is 2.60. The second-order valence-corrected chi connectivity index (χ2v) is 6.83. The molecule has 0 N–H and O–H groups in total. The van der Waals surface area contributed by atoms with Gasteiger partial charge in [0.05, 0.1) is 0 Å². The molecule has 0 saturated heterocycles. The topological polar surface area (TPSA) is 17.1 Å². The van der Waals surface area contributed by atoms with Gasteiger partial charge in [-0.25, -0.2) is 0 Å². The number of hydrogen-bond acceptors (Lipinski definition) is 2. The monoisotopic (exact) mass is 282 g/mol. The fourth-order valence-electron chi connectivity index (χ4n) is 3.87. The van der Waals surface area contributed by atoms with Crippen molar-refractivity contribution in [3.05, 3.63) is 57.8 Å². The number of Topliss-reactive ketones (excluding diaryl/α,β-unsaturated/α-hetero) is 1. The van der Waals surface area contributed by atoms with Gasteiger partial charge in [0.1, 0.15) is 5.78 Å². The van der Waals surface area contributed by atoms with E-state index in [1.165, 1.54) is 23.1 Å². The van der Waals surface area contributed by atoms with E-state index in [1.807, 2.05) is 0 Å². The van der Waals surface area contributed by atoms with Crippen LogP contribution in [0.1, 0.15) is 35.4 Å². The summed E-state index contributed by atoms with van der Waals surface area (Å²) < 4.78 is 0. The third-order valence-electron chi connectivity index (χ3n) is 4.94. The van der Waals surface area contributed by atoms with Gasteiger partial charge in [-0.3, -0.25) is 4.79 Å². The molecule has 102 valence electrons. The van der Waals surface area contributed by atoms with Gasteiger partial charge in [0.15, 0.2) is 0 Å². The largest absolute Gasteiger partial charge is 0.299 e. The average Bonchev–Trinajstić information content (AvgIpc) is 3.00. The Morgan fingerprint density at radius 2 is 2.15 bits per heavy atom. The normalized spacial score (nSPS) is 26.7. The Balaban J connectivity index is 1.45. The van der Waals surface area contributed by atoms with Crippen LogP contribution in [0.2, 0.25) is 0 Å². The van der Waals surface area contributed by atoms with Crippen molar-refractivity contribution in [2.75, 3.05) is 0 Å². The molecule has 2 aliphatic carbocycles. The molecule has 2 heteroatoms. The van der Waals surface area contributed by atoms with E-state index in [9.17, 15) is 4.79 Å². The van der Waals surface area contributed by atoms with Crippen LogP contribution < -0.4 is 0 Å². The predicted molar refractivity (Wildman–Crippen MR) is 82.1 cm³/mol. The molecule has 3 unspecified atom stereocenters. The molecule has 1 aromatic heterocycles. The molecule has 3 atom stereocenters. The minimum Gasteiger partial charge on any atom is -0.299 e. The van der Waals surface area contributed by atoms with Crippen LogP contribution in [-0.4, -0.2) is 5.78 Å². The number of aryl methyl sites for hydroxylation is 2. The first-order valence-corrected chi connectivity index (χ1v) is 8.40. The Morgan fingerprint density at radius 3 is 3.00 bits per heavy atom. The second-order valence-electron chi connectivity index (χ2n) is 6.05. The van der Waals surface area contributed by atoms with Gasteiger partial charge in [-0.1, -0.05) is 24.3 Å². The molecule has 20 heavy (non-hydrogen) atoms. The van der Waals surface area contributed by atoms with Crippen LogP contribution in [0.3, 0.4) is 0 Å². The highest BCUT2D eigenvalue weighted by molar-refractivity contribution is 7.07. The molecule has 1 nitrogen and oxygen atoms in total. The van der Waals surface area contributed by atoms with Crippen molar-refractivity contribution in [1.82, 2.24) is 0 Å². The number of carbonyl (C=O) groups is 1. The number of rotatable bonds is 4. The molecule has 1 saturated carbocycles. The zero-order chi connectivity index (χ0) is 13.5. The zero-order valence-electron chi connectivity index (χ0n) is 11.4. The average molecular weight is 282 g/mol. The van der Waals surface area contributed by atoms with Crippen molar-refractivity contribution >= 4 is 17.1 Å². The van der Waals surface area contributed by atoms with Crippen LogP contribution >= 0.6 is 11.3 Å². The molecule has 1 aromatic carbocycles. The summed E-state index contributed by atoms with van der Waals surface area (Å²) in [6.45, 7) is 0. The number of thiophene rings is 1. The van der Waals surface area contributed by atoms with Gasteiger partial charge < -0.3 is 0 Å². The van der Waals surface area contributed by atoms with Crippen molar-refractivity contribution in [2.45, 2.75) is 31.6 Å². The van der Waals surface area contributed by atoms with E-state index in [2.05, 4.69) is 41.1 Å². The van der Waals surface area contributed by atoms with Gasteiger partial charge in [-0.15, -0.1) is 0 Å². The first kappa shape index (κ1) is 12.3. The minimum atomic E-state index is 0.317. The molecule has 0 spiro atoms. The Morgan fingerprint density at radius 1 is 1.25 bits per heavy atom. The Kier molecular flexibility index (Phi) is 2.99. The predicted octanol–water partition coefficient (Wildman–Crippen LogP) is 4.23. The van der Waals surface area contributed by atoms with Crippen LogP contribution in [0.5, 0.6) is 0 Å². The van der Waals surface area contributed by atoms with Crippen LogP contribution in [0.15, 0.2) is 41.1 Å². The maximum absolute atomic E-state index is 12.5. The fraction of sp³-hybridized carbons (Fsp3) is 0.389. The van der Waals surface area contributed by atoms with Crippen LogP contribution in [0.25, 0.3) is 0 Å². The van der Waals surface area contributed by atoms with E-state index in [0.717, 1.165) is 19.3 Å². The molecule has 0 aliphatic heterocycles. The molecule has 1 fully saturated rings. The number of ketones is 1. The number of hydrogen-bond donors (Lipinski definition) is 0. The highest BCUT2D eigenvalue weighted by Gasteiger charge is 2.56. The maximum atomic E-state index is 12.5. The van der Waals surface area contributed by atoms with Gasteiger partial charge in [0, 0.05) is 12.3 Å². The Hall–Kier alpha value is -1.41. The summed E-state index contributed by atoms with van der Waals surface area (Å²) in [5, 5.41) is 4.25. The maximum Gasteiger partial charge on any atom is 0.137 e. The Bertz CT molecular complexity index is 629. The van der Waals surface area contributed by atoms with E-state index >= 15 is 0 Å². The fourth-order valence-corrected chi connectivity index (χ4v) is 4.58. The number of fused-ring (bicyclic) bond motifs is 3. The van der Waals surface area contributed by atoms with E-state index in [1.54, 1.807) is 11.3 Å². The van der Waals surface area contributed by atoms with Gasteiger partial charge in [-0.2, -0.15) is 11.3 Å². The first-order chi connectivity index (χ1) is 9.84. The summed E-state index contributed by atoms with van der Waals surface area (Å²) in [6, 6.07) is 10.8. The molecule has 0 radical (unpaired) electrons. The van der Waals surface area contributed by atoms with Crippen molar-refractivity contribution in [2.24, 2.45) is 11.8 Å². The first-order valence-electron chi connectivity index (χ1n) is 7.46. The molecule has 2 aromatic rings. The van der Waals surface area contributed by atoms with Crippen LogP contribution in [0, 0.1) is 11.8 Å². The van der Waals surface area contributed by atoms with E-state index in [0.29, 0.717) is 23.5 Å². The molecule has 1 heterocycles. The summed E-state index contributed by atoms with van der Waals surface area (Å²) in [5.74, 6) is 1.98. The lowest BCUT2D eigenvalue weighted by atomic mass is 9.92. The SMILES string of the molecule is O=C(CCc1ccsc1)C1C2CCc3ccccc3C21. The van der Waals surface area contributed by atoms with Crippen molar-refractivity contribution in [3.8, 4) is 0 Å². The van der Waals surface area contributed by atoms with Gasteiger partial charge in [0.25, 0.3) is 0 Å². The Labute approximate surface area is 123 Å². The molecule has 4 rings (SSSR count). The third-order valence-corrected chi connectivity index (χ3v) is 5.67. The number of carbonyl (C=O) groups excluding carboxylic acids is 1. The van der Waals surface area contributed by atoms with Crippen molar-refractivity contribution in [3.63, 3.8) is 0 Å². The molecule has 0 amide bonds. The zero-order valence-corrected chi connectivity index (χ0v) is 12.2. The smallest absolute Gasteiger partial charge is 0.137 e. The van der Waals surface area contributed by atoms with Crippen molar-refractivity contribution < 1.29 is 4.79 Å². The molecule has 0 bridgehead atoms. The summed E-state index contributed by atoms with van der Waals surface area (Å²) in [5.41, 5.74) is 4.24. The van der Waals surface area contributed by atoms with Gasteiger partial charge in [0.2, 0.25) is 0 Å². The van der Waals surface area contributed by atoms with E-state index < -0.39 is 0 Å². The van der Waals surface area contributed by atoms with E-state index in [-0.39, 0.29) is 0 Å². The minimum absolute atomic E-state index is 0.317. The quantitative estimate of drug-likeness (QED) is 0.820. The molecular weight excluding hydrogens is 264 g/mol. The number of benzene rings is 1. The van der Waals surface area contributed by atoms with Gasteiger partial charge in [-0.05, 0) is 64.6 Å². The molecular formula is C18H18OS. The van der Waals surface area contributed by atoms with Crippen LogP contribution in [-0.2, 0) is 17.6 Å². The van der Waals surface area contributed by atoms with Gasteiger partial charge >= 0.3 is 0 Å². The summed E-state index contributed by atoms with van der Waals surface area (Å²) >= 11 is 1.71. The standard InChI is InChI=1S/C18H18OS/c19-16(8-5-12-9-10-20-11-12)18-15-7-6-13-3-1-2-4-14(13)17(15)18/h1-4,9-11,15,17-18H,5-8H2. The summed E-state index contributed by atoms with van der Waals surface area (Å²) in [7, 11) is 0. The molecule has 2 aliphatic rings. The third kappa shape index (κ3) is 2.03. The summed E-state index contributed by atoms with van der Waals surface area (Å²) in [4.78, 5) is 12.5. The second kappa shape index (κ2) is 4.85. The summed E-state index contributed by atoms with van der Waals surface area (Å²) in [6.07, 6.45) is 4.00. The van der Waals surface area contributed by atoms with Crippen molar-refractivity contribution in [1.29, 1.82) is 0 Å². The lowest BCUT2D eigenvalue weighted by Crippen LogP contribution is -2.04.